The van der Waals surface area contributed by atoms with Gasteiger partial charge in [-0.15, -0.1) is 11.3 Å². The molecule has 0 saturated carbocycles. The van der Waals surface area contributed by atoms with Crippen LogP contribution in [-0.4, -0.2) is 28.0 Å². The van der Waals surface area contributed by atoms with E-state index in [1.54, 1.807) is 0 Å². The molecule has 0 aliphatic heterocycles. The molecule has 1 N–H and O–H groups in total. The number of fused-ring (bicyclic) bond motifs is 1. The van der Waals surface area contributed by atoms with Gasteiger partial charge in [0.05, 0.1) is 44.8 Å². The lowest BCUT2D eigenvalue weighted by atomic mass is 9.80. The molecule has 4 aromatic rings. The van der Waals surface area contributed by atoms with Crippen molar-refractivity contribution >= 4 is 23.2 Å². The van der Waals surface area contributed by atoms with Gasteiger partial charge in [0.1, 0.15) is 23.2 Å². The Hall–Kier alpha value is -3.98. The van der Waals surface area contributed by atoms with E-state index in [-0.39, 0.29) is 18.9 Å². The van der Waals surface area contributed by atoms with Crippen LogP contribution in [0.15, 0.2) is 66.3 Å². The highest BCUT2D eigenvalue weighted by atomic mass is 32.1. The molecular formula is C29H30N4O4S. The van der Waals surface area contributed by atoms with E-state index in [2.05, 4.69) is 19.4 Å². The van der Waals surface area contributed by atoms with Crippen LogP contribution in [0.1, 0.15) is 28.4 Å². The first-order valence-corrected chi connectivity index (χ1v) is 13.4. The Morgan fingerprint density at radius 1 is 1.16 bits per heavy atom. The van der Waals surface area contributed by atoms with E-state index in [0.717, 1.165) is 39.6 Å². The molecule has 0 spiro atoms. The van der Waals surface area contributed by atoms with E-state index in [4.69, 9.17) is 4.74 Å². The van der Waals surface area contributed by atoms with Gasteiger partial charge >= 0.3 is 0 Å². The van der Waals surface area contributed by atoms with E-state index < -0.39 is 11.4 Å². The predicted octanol–water partition coefficient (Wildman–Crippen LogP) is 2.14. The predicted molar refractivity (Wildman–Crippen MR) is 141 cm³/mol. The maximum absolute atomic E-state index is 13.2. The summed E-state index contributed by atoms with van der Waals surface area (Å²) in [7, 11) is 4.05. The summed E-state index contributed by atoms with van der Waals surface area (Å²) in [6, 6.07) is 15.5. The Morgan fingerprint density at radius 2 is 1.87 bits per heavy atom. The van der Waals surface area contributed by atoms with Crippen LogP contribution in [0.2, 0.25) is 0 Å². The van der Waals surface area contributed by atoms with Crippen molar-refractivity contribution in [2.24, 2.45) is 19.5 Å². The van der Waals surface area contributed by atoms with Crippen molar-refractivity contribution in [1.82, 2.24) is 14.9 Å². The van der Waals surface area contributed by atoms with Crippen LogP contribution in [0.4, 0.5) is 0 Å². The lowest BCUT2D eigenvalue weighted by Gasteiger charge is -2.28. The van der Waals surface area contributed by atoms with Crippen molar-refractivity contribution in [2.75, 3.05) is 6.61 Å². The standard InChI is InChI=1S/C29H30N4O4S/c1-32-12-13-33(2)26(32)11-14-37-23-9-7-20(8-10-23)24-19-38-25(31-24)18-30-28(36)29(17-27(34)35)15-21-5-3-4-6-22(21)16-29/h3-10,12-13,19H,11,14-18H2,1-2H3,(H-,30,34,35,36). The number of carbonyl (C=O) groups is 2. The molecule has 2 heterocycles. The molecule has 1 aliphatic rings. The third kappa shape index (κ3) is 5.47. The van der Waals surface area contributed by atoms with Crippen molar-refractivity contribution in [3.63, 3.8) is 0 Å². The molecule has 0 fully saturated rings. The summed E-state index contributed by atoms with van der Waals surface area (Å²) < 4.78 is 10.1. The normalized spacial score (nSPS) is 13.7. The molecule has 38 heavy (non-hydrogen) atoms. The average Bonchev–Trinajstić information content (AvgIpc) is 3.61. The molecule has 0 radical (unpaired) electrons. The topological polar surface area (TPSA) is 100 Å². The van der Waals surface area contributed by atoms with Crippen molar-refractivity contribution in [3.8, 4) is 17.0 Å². The number of nitrogens with zero attached hydrogens (tertiary/aromatic N) is 3. The number of aliphatic carboxylic acids is 1. The van der Waals surface area contributed by atoms with E-state index in [0.29, 0.717) is 19.4 Å². The summed E-state index contributed by atoms with van der Waals surface area (Å²) in [5.74, 6) is 0.488. The quantitative estimate of drug-likeness (QED) is 0.317. The zero-order valence-electron chi connectivity index (χ0n) is 21.5. The molecule has 1 amide bonds. The first-order valence-electron chi connectivity index (χ1n) is 12.6. The van der Waals surface area contributed by atoms with Gasteiger partial charge < -0.3 is 20.0 Å². The summed E-state index contributed by atoms with van der Waals surface area (Å²) >= 11 is 1.46. The highest BCUT2D eigenvalue weighted by Gasteiger charge is 2.43. The Morgan fingerprint density at radius 3 is 2.50 bits per heavy atom. The van der Waals surface area contributed by atoms with Crippen molar-refractivity contribution < 1.29 is 24.0 Å². The van der Waals surface area contributed by atoms with E-state index in [9.17, 15) is 14.7 Å². The number of aromatic nitrogens is 3. The number of amides is 1. The lowest BCUT2D eigenvalue weighted by Crippen LogP contribution is -2.45. The number of carboxylic acids is 1. The van der Waals surface area contributed by atoms with Crippen molar-refractivity contribution in [3.05, 3.63) is 88.3 Å². The second-order valence-electron chi connectivity index (χ2n) is 9.82. The molecule has 9 heteroatoms. The number of nitrogens with one attached hydrogen (secondary N) is 1. The van der Waals surface area contributed by atoms with Crippen molar-refractivity contribution in [2.45, 2.75) is 32.2 Å². The molecule has 196 valence electrons. The zero-order valence-corrected chi connectivity index (χ0v) is 22.3. The second-order valence-corrected chi connectivity index (χ2v) is 10.8. The Labute approximate surface area is 225 Å². The number of rotatable bonds is 10. The molecule has 0 unspecified atom stereocenters. The summed E-state index contributed by atoms with van der Waals surface area (Å²) in [5.41, 5.74) is 2.78. The summed E-state index contributed by atoms with van der Waals surface area (Å²) in [4.78, 5) is 29.4. The third-order valence-corrected chi connectivity index (χ3v) is 8.01. The lowest BCUT2D eigenvalue weighted by molar-refractivity contribution is -0.678. The van der Waals surface area contributed by atoms with E-state index in [1.165, 1.54) is 17.2 Å². The minimum Gasteiger partial charge on any atom is -0.550 e. The van der Waals surface area contributed by atoms with Gasteiger partial charge in [0, 0.05) is 23.3 Å². The second kappa shape index (κ2) is 10.8. The number of hydrogen-bond acceptors (Lipinski definition) is 6. The highest BCUT2D eigenvalue weighted by molar-refractivity contribution is 7.09. The van der Waals surface area contributed by atoms with Gasteiger partial charge in [-0.05, 0) is 48.2 Å². The van der Waals surface area contributed by atoms with Gasteiger partial charge in [0.15, 0.2) is 0 Å². The monoisotopic (exact) mass is 530 g/mol. The van der Waals surface area contributed by atoms with Crippen LogP contribution in [0.5, 0.6) is 5.75 Å². The fraction of sp³-hybridized carbons (Fsp3) is 0.310. The number of ether oxygens (including phenoxy) is 1. The van der Waals surface area contributed by atoms with Crippen LogP contribution in [0.3, 0.4) is 0 Å². The fourth-order valence-electron chi connectivity index (χ4n) is 5.16. The van der Waals surface area contributed by atoms with Gasteiger partial charge in [0.25, 0.3) is 5.82 Å². The Bertz CT molecular complexity index is 1410. The van der Waals surface area contributed by atoms with Crippen LogP contribution < -0.4 is 19.7 Å². The Balaban J connectivity index is 1.17. The molecular weight excluding hydrogens is 500 g/mol. The van der Waals surface area contributed by atoms with Crippen LogP contribution in [0, 0.1) is 5.41 Å². The number of carbonyl (C=O) groups excluding carboxylic acids is 2. The van der Waals surface area contributed by atoms with Crippen LogP contribution in [-0.2, 0) is 49.5 Å². The Kier molecular flexibility index (Phi) is 7.28. The number of imidazole rings is 1. The highest BCUT2D eigenvalue weighted by Crippen LogP contribution is 2.40. The number of aryl methyl sites for hydroxylation is 2. The van der Waals surface area contributed by atoms with Crippen LogP contribution in [0.25, 0.3) is 11.3 Å². The average molecular weight is 531 g/mol. The molecule has 1 aliphatic carbocycles. The fourth-order valence-corrected chi connectivity index (χ4v) is 5.90. The van der Waals surface area contributed by atoms with Gasteiger partial charge in [-0.1, -0.05) is 24.3 Å². The molecule has 2 aromatic heterocycles. The van der Waals surface area contributed by atoms with Crippen LogP contribution >= 0.6 is 11.3 Å². The first-order chi connectivity index (χ1) is 18.3. The maximum atomic E-state index is 13.2. The minimum atomic E-state index is -1.22. The third-order valence-electron chi connectivity index (χ3n) is 7.17. The smallest absolute Gasteiger partial charge is 0.259 e. The van der Waals surface area contributed by atoms with Gasteiger partial charge in [-0.2, -0.15) is 0 Å². The number of thiazole rings is 1. The SMILES string of the molecule is Cn1cc[n+](C)c1CCOc1ccc(-c2csc(CNC(=O)C3(CC(=O)[O-])Cc4ccccc4C3)n2)cc1. The van der Waals surface area contributed by atoms with Crippen molar-refractivity contribution in [1.29, 1.82) is 0 Å². The molecule has 0 atom stereocenters. The van der Waals surface area contributed by atoms with Gasteiger partial charge in [-0.25, -0.2) is 14.1 Å². The number of benzene rings is 2. The molecule has 5 rings (SSSR count). The molecule has 0 bridgehead atoms. The largest absolute Gasteiger partial charge is 0.550 e. The van der Waals surface area contributed by atoms with E-state index >= 15 is 0 Å². The number of carboxylic acid groups (broad SMARTS) is 1. The summed E-state index contributed by atoms with van der Waals surface area (Å²) in [5, 5.41) is 17.1. The summed E-state index contributed by atoms with van der Waals surface area (Å²) in [6.07, 6.45) is 5.33. The van der Waals surface area contributed by atoms with Gasteiger partial charge in [0.2, 0.25) is 5.91 Å². The summed E-state index contributed by atoms with van der Waals surface area (Å²) in [6.45, 7) is 0.822. The maximum Gasteiger partial charge on any atom is 0.259 e. The minimum absolute atomic E-state index is 0.242. The number of hydrogen-bond donors (Lipinski definition) is 1. The van der Waals surface area contributed by atoms with E-state index in [1.807, 2.05) is 80.4 Å². The molecule has 8 nitrogen and oxygen atoms in total. The zero-order chi connectivity index (χ0) is 26.7. The molecule has 2 aromatic carbocycles. The first kappa shape index (κ1) is 25.7. The molecule has 0 saturated heterocycles. The van der Waals surface area contributed by atoms with Gasteiger partial charge in [-0.3, -0.25) is 4.79 Å².